The second-order valence-electron chi connectivity index (χ2n) is 5.74. The van der Waals surface area contributed by atoms with Crippen molar-refractivity contribution in [2.75, 3.05) is 0 Å². The SMILES string of the molecule is c1ccc(C[n+]2oc(-c3ccccc3)cc2-c2ccccc2)cc1. The van der Waals surface area contributed by atoms with E-state index < -0.39 is 0 Å². The van der Waals surface area contributed by atoms with E-state index >= 15 is 0 Å². The van der Waals surface area contributed by atoms with Crippen molar-refractivity contribution in [3.63, 3.8) is 0 Å². The first-order chi connectivity index (χ1) is 11.9. The van der Waals surface area contributed by atoms with Crippen LogP contribution in [0.4, 0.5) is 0 Å². The maximum Gasteiger partial charge on any atom is 0.262 e. The lowest BCUT2D eigenvalue weighted by atomic mass is 10.1. The second-order valence-corrected chi connectivity index (χ2v) is 5.74. The number of aromatic nitrogens is 1. The van der Waals surface area contributed by atoms with Crippen molar-refractivity contribution in [3.8, 4) is 22.6 Å². The molecule has 2 nitrogen and oxygen atoms in total. The monoisotopic (exact) mass is 312 g/mol. The first kappa shape index (κ1) is 14.5. The van der Waals surface area contributed by atoms with Crippen LogP contribution in [0.15, 0.2) is 102 Å². The third-order valence-electron chi connectivity index (χ3n) is 4.04. The minimum atomic E-state index is 0.706. The van der Waals surface area contributed by atoms with Crippen molar-refractivity contribution >= 4 is 0 Å². The average Bonchev–Trinajstić information content (AvgIpc) is 3.08. The molecule has 1 aromatic heterocycles. The molecule has 0 bridgehead atoms. The summed E-state index contributed by atoms with van der Waals surface area (Å²) in [5, 5.41) is 0. The summed E-state index contributed by atoms with van der Waals surface area (Å²) in [6.45, 7) is 0.706. The largest absolute Gasteiger partial charge is 0.262 e. The third-order valence-corrected chi connectivity index (χ3v) is 4.04. The highest BCUT2D eigenvalue weighted by Crippen LogP contribution is 2.25. The Labute approximate surface area is 141 Å². The molecular weight excluding hydrogens is 294 g/mol. The molecule has 1 heterocycles. The molecule has 0 unspecified atom stereocenters. The molecule has 0 radical (unpaired) electrons. The highest BCUT2D eigenvalue weighted by Gasteiger charge is 2.22. The molecule has 3 aromatic carbocycles. The third kappa shape index (κ3) is 2.99. The standard InChI is InChI=1S/C22H18NO/c1-4-10-18(11-5-1)17-23-21(19-12-6-2-7-13-19)16-22(24-23)20-14-8-3-9-15-20/h1-16H,17H2/q+1. The van der Waals surface area contributed by atoms with Gasteiger partial charge in [0, 0.05) is 11.1 Å². The molecule has 116 valence electrons. The zero-order chi connectivity index (χ0) is 16.2. The van der Waals surface area contributed by atoms with Crippen LogP contribution in [-0.4, -0.2) is 0 Å². The Morgan fingerprint density at radius 1 is 0.625 bits per heavy atom. The fourth-order valence-electron chi connectivity index (χ4n) is 2.83. The molecule has 0 atom stereocenters. The second kappa shape index (κ2) is 6.55. The van der Waals surface area contributed by atoms with Crippen molar-refractivity contribution < 1.29 is 9.26 Å². The molecule has 0 spiro atoms. The maximum absolute atomic E-state index is 6.18. The lowest BCUT2D eigenvalue weighted by molar-refractivity contribution is -0.847. The van der Waals surface area contributed by atoms with Gasteiger partial charge in [0.15, 0.2) is 0 Å². The number of benzene rings is 3. The smallest absolute Gasteiger partial charge is 0.235 e. The van der Waals surface area contributed by atoms with Gasteiger partial charge in [-0.1, -0.05) is 78.9 Å². The first-order valence-electron chi connectivity index (χ1n) is 8.09. The maximum atomic E-state index is 6.18. The van der Waals surface area contributed by atoms with Gasteiger partial charge < -0.3 is 0 Å². The van der Waals surface area contributed by atoms with Crippen LogP contribution in [0, 0.1) is 0 Å². The molecule has 0 saturated carbocycles. The molecule has 24 heavy (non-hydrogen) atoms. The summed E-state index contributed by atoms with van der Waals surface area (Å²) in [6.07, 6.45) is 0. The lowest BCUT2D eigenvalue weighted by Gasteiger charge is -1.97. The Balaban J connectivity index is 1.80. The van der Waals surface area contributed by atoms with E-state index in [1.54, 1.807) is 0 Å². The Morgan fingerprint density at radius 2 is 1.17 bits per heavy atom. The highest BCUT2D eigenvalue weighted by molar-refractivity contribution is 5.64. The molecule has 4 rings (SSSR count). The van der Waals surface area contributed by atoms with Gasteiger partial charge in [-0.15, -0.1) is 0 Å². The van der Waals surface area contributed by atoms with E-state index in [0.717, 1.165) is 22.6 Å². The van der Waals surface area contributed by atoms with Gasteiger partial charge in [0.2, 0.25) is 12.3 Å². The Bertz CT molecular complexity index is 912. The molecule has 0 fully saturated rings. The van der Waals surface area contributed by atoms with Crippen LogP contribution in [0.25, 0.3) is 22.6 Å². The highest BCUT2D eigenvalue weighted by atomic mass is 16.5. The van der Waals surface area contributed by atoms with Crippen molar-refractivity contribution in [1.29, 1.82) is 0 Å². The van der Waals surface area contributed by atoms with Gasteiger partial charge in [0.25, 0.3) is 5.69 Å². The van der Waals surface area contributed by atoms with E-state index in [9.17, 15) is 0 Å². The van der Waals surface area contributed by atoms with Crippen LogP contribution in [0.2, 0.25) is 0 Å². The van der Waals surface area contributed by atoms with E-state index in [1.807, 2.05) is 35.1 Å². The van der Waals surface area contributed by atoms with Crippen LogP contribution in [-0.2, 0) is 6.54 Å². The average molecular weight is 312 g/mol. The molecular formula is C22H18NO+. The minimum absolute atomic E-state index is 0.706. The summed E-state index contributed by atoms with van der Waals surface area (Å²) < 4.78 is 8.14. The quantitative estimate of drug-likeness (QED) is 0.487. The van der Waals surface area contributed by atoms with Crippen molar-refractivity contribution in [3.05, 3.63) is 103 Å². The van der Waals surface area contributed by atoms with Gasteiger partial charge in [-0.25, -0.2) is 4.52 Å². The van der Waals surface area contributed by atoms with Crippen molar-refractivity contribution in [2.24, 2.45) is 0 Å². The van der Waals surface area contributed by atoms with Crippen molar-refractivity contribution in [2.45, 2.75) is 6.54 Å². The number of hydrogen-bond donors (Lipinski definition) is 0. The normalized spacial score (nSPS) is 10.7. The molecule has 0 N–H and O–H groups in total. The van der Waals surface area contributed by atoms with Gasteiger partial charge in [-0.2, -0.15) is 0 Å². The van der Waals surface area contributed by atoms with E-state index in [2.05, 4.69) is 66.7 Å². The van der Waals surface area contributed by atoms with E-state index in [4.69, 9.17) is 4.52 Å². The molecule has 2 heteroatoms. The first-order valence-corrected chi connectivity index (χ1v) is 8.09. The van der Waals surface area contributed by atoms with Crippen LogP contribution in [0.1, 0.15) is 5.56 Å². The topological polar surface area (TPSA) is 17.0 Å². The van der Waals surface area contributed by atoms with Gasteiger partial charge in [0.1, 0.15) is 0 Å². The summed E-state index contributed by atoms with van der Waals surface area (Å²) in [6, 6.07) is 33.1. The fourth-order valence-corrected chi connectivity index (χ4v) is 2.83. The van der Waals surface area contributed by atoms with Gasteiger partial charge >= 0.3 is 0 Å². The molecule has 0 amide bonds. The number of hydrogen-bond acceptors (Lipinski definition) is 1. The number of nitrogens with zero attached hydrogens (tertiary/aromatic N) is 1. The van der Waals surface area contributed by atoms with Crippen LogP contribution < -0.4 is 4.74 Å². The van der Waals surface area contributed by atoms with Crippen LogP contribution in [0.5, 0.6) is 0 Å². The summed E-state index contributed by atoms with van der Waals surface area (Å²) in [5.41, 5.74) is 4.54. The summed E-state index contributed by atoms with van der Waals surface area (Å²) in [4.78, 5) is 0. The Kier molecular flexibility index (Phi) is 3.95. The van der Waals surface area contributed by atoms with Gasteiger partial charge in [-0.3, -0.25) is 0 Å². The van der Waals surface area contributed by atoms with Crippen molar-refractivity contribution in [1.82, 2.24) is 0 Å². The molecule has 0 aliphatic heterocycles. The molecule has 4 aromatic rings. The van der Waals surface area contributed by atoms with Crippen LogP contribution >= 0.6 is 0 Å². The van der Waals surface area contributed by atoms with Crippen LogP contribution in [0.3, 0.4) is 0 Å². The lowest BCUT2D eigenvalue weighted by Crippen LogP contribution is -2.34. The molecule has 0 aliphatic carbocycles. The Hall–Kier alpha value is -3.13. The number of rotatable bonds is 4. The van der Waals surface area contributed by atoms with Gasteiger partial charge in [0.05, 0.1) is 11.6 Å². The Morgan fingerprint density at radius 3 is 1.79 bits per heavy atom. The zero-order valence-corrected chi connectivity index (χ0v) is 13.3. The molecule has 0 saturated heterocycles. The zero-order valence-electron chi connectivity index (χ0n) is 13.3. The minimum Gasteiger partial charge on any atom is -0.235 e. The predicted octanol–water partition coefficient (Wildman–Crippen LogP) is 4.95. The fraction of sp³-hybridized carbons (Fsp3) is 0.0455. The predicted molar refractivity (Wildman–Crippen MR) is 95.3 cm³/mol. The van der Waals surface area contributed by atoms with E-state index in [1.165, 1.54) is 5.56 Å². The van der Waals surface area contributed by atoms with E-state index in [-0.39, 0.29) is 0 Å². The van der Waals surface area contributed by atoms with E-state index in [0.29, 0.717) is 6.54 Å². The molecule has 0 aliphatic rings. The summed E-state index contributed by atoms with van der Waals surface area (Å²) >= 11 is 0. The summed E-state index contributed by atoms with van der Waals surface area (Å²) in [5.74, 6) is 0.880. The summed E-state index contributed by atoms with van der Waals surface area (Å²) in [7, 11) is 0. The van der Waals surface area contributed by atoms with Gasteiger partial charge in [-0.05, 0) is 16.9 Å².